The first-order valence-electron chi connectivity index (χ1n) is 3.66. The Morgan fingerprint density at radius 2 is 2.18 bits per heavy atom. The van der Waals surface area contributed by atoms with Gasteiger partial charge in [0.05, 0.1) is 0 Å². The van der Waals surface area contributed by atoms with Crippen molar-refractivity contribution in [3.63, 3.8) is 0 Å². The molecule has 0 atom stereocenters. The van der Waals surface area contributed by atoms with E-state index in [1.165, 1.54) is 5.82 Å². The van der Waals surface area contributed by atoms with Crippen molar-refractivity contribution in [3.8, 4) is 0 Å². The maximum Gasteiger partial charge on any atom is 0.108 e. The number of hydrogen-bond donors (Lipinski definition) is 0. The molecule has 2 nitrogen and oxygen atoms in total. The van der Waals surface area contributed by atoms with Gasteiger partial charge in [0.2, 0.25) is 0 Å². The zero-order valence-electron chi connectivity index (χ0n) is 7.24. The highest BCUT2D eigenvalue weighted by molar-refractivity contribution is 5.85. The molecule has 0 aliphatic heterocycles. The number of aryl methyl sites for hydroxylation is 1. The summed E-state index contributed by atoms with van der Waals surface area (Å²) in [6.07, 6.45) is 4.90. The van der Waals surface area contributed by atoms with Gasteiger partial charge in [0.1, 0.15) is 5.82 Å². The standard InChI is InChI=1S/C8H14N2.ClH/c1-7(2)6-8-9-4-5-10(8)3;/h4-5,7H,6H2,1-3H3;1H. The largest absolute Gasteiger partial charge is 0.338 e. The highest BCUT2D eigenvalue weighted by Gasteiger charge is 2.00. The first kappa shape index (κ1) is 10.5. The van der Waals surface area contributed by atoms with Gasteiger partial charge in [0, 0.05) is 25.9 Å². The van der Waals surface area contributed by atoms with Crippen LogP contribution in [0.3, 0.4) is 0 Å². The van der Waals surface area contributed by atoms with Gasteiger partial charge in [-0.2, -0.15) is 0 Å². The molecule has 0 aromatic carbocycles. The lowest BCUT2D eigenvalue weighted by Crippen LogP contribution is -2.01. The van der Waals surface area contributed by atoms with Crippen LogP contribution < -0.4 is 0 Å². The molecule has 0 amide bonds. The predicted octanol–water partition coefficient (Wildman–Crippen LogP) is 2.04. The highest BCUT2D eigenvalue weighted by atomic mass is 35.5. The van der Waals surface area contributed by atoms with E-state index in [1.54, 1.807) is 0 Å². The number of aromatic nitrogens is 2. The Morgan fingerprint density at radius 1 is 1.55 bits per heavy atom. The van der Waals surface area contributed by atoms with Gasteiger partial charge in [-0.05, 0) is 5.92 Å². The fourth-order valence-electron chi connectivity index (χ4n) is 0.958. The van der Waals surface area contributed by atoms with Crippen molar-refractivity contribution in [1.82, 2.24) is 9.55 Å². The average Bonchev–Trinajstić information content (AvgIpc) is 2.15. The molecule has 0 aliphatic rings. The number of imidazole rings is 1. The molecule has 0 saturated carbocycles. The Kier molecular flexibility index (Phi) is 4.19. The molecule has 1 heterocycles. The van der Waals surface area contributed by atoms with E-state index in [0.29, 0.717) is 5.92 Å². The van der Waals surface area contributed by atoms with E-state index in [1.807, 2.05) is 19.4 Å². The van der Waals surface area contributed by atoms with Crippen LogP contribution in [0.4, 0.5) is 0 Å². The van der Waals surface area contributed by atoms with Crippen LogP contribution in [0.5, 0.6) is 0 Å². The van der Waals surface area contributed by atoms with Gasteiger partial charge < -0.3 is 4.57 Å². The number of halogens is 1. The topological polar surface area (TPSA) is 17.8 Å². The normalized spacial score (nSPS) is 9.82. The lowest BCUT2D eigenvalue weighted by Gasteiger charge is -2.03. The zero-order chi connectivity index (χ0) is 7.56. The summed E-state index contributed by atoms with van der Waals surface area (Å²) >= 11 is 0. The molecule has 1 aromatic heterocycles. The summed E-state index contributed by atoms with van der Waals surface area (Å²) in [5.41, 5.74) is 0. The minimum absolute atomic E-state index is 0. The van der Waals surface area contributed by atoms with Crippen molar-refractivity contribution in [2.75, 3.05) is 0 Å². The molecule has 0 fully saturated rings. The van der Waals surface area contributed by atoms with Crippen molar-refractivity contribution in [2.45, 2.75) is 20.3 Å². The fourth-order valence-corrected chi connectivity index (χ4v) is 0.958. The smallest absolute Gasteiger partial charge is 0.108 e. The minimum atomic E-state index is 0. The van der Waals surface area contributed by atoms with E-state index in [0.717, 1.165) is 6.42 Å². The lowest BCUT2D eigenvalue weighted by atomic mass is 10.1. The van der Waals surface area contributed by atoms with Crippen LogP contribution in [0.1, 0.15) is 19.7 Å². The second-order valence-electron chi connectivity index (χ2n) is 3.05. The summed E-state index contributed by atoms with van der Waals surface area (Å²) < 4.78 is 2.07. The van der Waals surface area contributed by atoms with Crippen LogP contribution in [0.15, 0.2) is 12.4 Å². The maximum absolute atomic E-state index is 4.22. The molecule has 0 unspecified atom stereocenters. The molecule has 0 N–H and O–H groups in total. The molecule has 1 aromatic rings. The molecule has 0 spiro atoms. The van der Waals surface area contributed by atoms with Crippen molar-refractivity contribution >= 4 is 12.4 Å². The Labute approximate surface area is 74.0 Å². The van der Waals surface area contributed by atoms with Gasteiger partial charge in [-0.15, -0.1) is 12.4 Å². The Morgan fingerprint density at radius 3 is 2.55 bits per heavy atom. The zero-order valence-corrected chi connectivity index (χ0v) is 8.06. The van der Waals surface area contributed by atoms with Crippen LogP contribution in [-0.4, -0.2) is 9.55 Å². The molecule has 1 rings (SSSR count). The summed E-state index contributed by atoms with van der Waals surface area (Å²) in [6, 6.07) is 0. The van der Waals surface area contributed by atoms with Crippen LogP contribution in [0.25, 0.3) is 0 Å². The van der Waals surface area contributed by atoms with Crippen molar-refractivity contribution < 1.29 is 0 Å². The second kappa shape index (κ2) is 4.39. The second-order valence-corrected chi connectivity index (χ2v) is 3.05. The van der Waals surface area contributed by atoms with Gasteiger partial charge in [0.15, 0.2) is 0 Å². The third-order valence-corrected chi connectivity index (χ3v) is 1.51. The minimum Gasteiger partial charge on any atom is -0.338 e. The molecule has 0 saturated heterocycles. The molecule has 11 heavy (non-hydrogen) atoms. The van der Waals surface area contributed by atoms with E-state index in [9.17, 15) is 0 Å². The molecular formula is C8H15ClN2. The van der Waals surface area contributed by atoms with E-state index in [2.05, 4.69) is 23.4 Å². The number of hydrogen-bond acceptors (Lipinski definition) is 1. The molecular weight excluding hydrogens is 160 g/mol. The first-order chi connectivity index (χ1) is 4.70. The van der Waals surface area contributed by atoms with E-state index in [4.69, 9.17) is 0 Å². The maximum atomic E-state index is 4.22. The summed E-state index contributed by atoms with van der Waals surface area (Å²) in [6.45, 7) is 4.41. The van der Waals surface area contributed by atoms with Crippen LogP contribution in [0.2, 0.25) is 0 Å². The lowest BCUT2D eigenvalue weighted by molar-refractivity contribution is 0.602. The predicted molar refractivity (Wildman–Crippen MR) is 49.0 cm³/mol. The SMILES string of the molecule is CC(C)Cc1nccn1C.Cl. The van der Waals surface area contributed by atoms with Gasteiger partial charge in [-0.1, -0.05) is 13.8 Å². The fraction of sp³-hybridized carbons (Fsp3) is 0.625. The van der Waals surface area contributed by atoms with Crippen LogP contribution in [0, 0.1) is 5.92 Å². The Bertz CT molecular complexity index is 206. The van der Waals surface area contributed by atoms with Gasteiger partial charge >= 0.3 is 0 Å². The van der Waals surface area contributed by atoms with E-state index in [-0.39, 0.29) is 12.4 Å². The van der Waals surface area contributed by atoms with Crippen LogP contribution >= 0.6 is 12.4 Å². The monoisotopic (exact) mass is 174 g/mol. The molecule has 64 valence electrons. The average molecular weight is 175 g/mol. The van der Waals surface area contributed by atoms with Crippen LogP contribution in [-0.2, 0) is 13.5 Å². The summed E-state index contributed by atoms with van der Waals surface area (Å²) in [4.78, 5) is 4.22. The quantitative estimate of drug-likeness (QED) is 0.671. The number of rotatable bonds is 2. The highest BCUT2D eigenvalue weighted by Crippen LogP contribution is 2.03. The Balaban J connectivity index is 0.000001000. The third kappa shape index (κ3) is 2.93. The van der Waals surface area contributed by atoms with Gasteiger partial charge in [0.25, 0.3) is 0 Å². The molecule has 0 radical (unpaired) electrons. The summed E-state index contributed by atoms with van der Waals surface area (Å²) in [7, 11) is 2.03. The Hall–Kier alpha value is -0.500. The van der Waals surface area contributed by atoms with Gasteiger partial charge in [-0.25, -0.2) is 4.98 Å². The molecule has 0 bridgehead atoms. The van der Waals surface area contributed by atoms with E-state index >= 15 is 0 Å². The van der Waals surface area contributed by atoms with Crippen molar-refractivity contribution in [1.29, 1.82) is 0 Å². The summed E-state index contributed by atoms with van der Waals surface area (Å²) in [5, 5.41) is 0. The van der Waals surface area contributed by atoms with Gasteiger partial charge in [-0.3, -0.25) is 0 Å². The van der Waals surface area contributed by atoms with E-state index < -0.39 is 0 Å². The third-order valence-electron chi connectivity index (χ3n) is 1.51. The van der Waals surface area contributed by atoms with Crippen molar-refractivity contribution in [2.24, 2.45) is 13.0 Å². The van der Waals surface area contributed by atoms with Crippen molar-refractivity contribution in [3.05, 3.63) is 18.2 Å². The summed E-state index contributed by atoms with van der Waals surface area (Å²) in [5.74, 6) is 1.87. The number of nitrogens with zero attached hydrogens (tertiary/aromatic N) is 2. The molecule has 0 aliphatic carbocycles. The molecule has 3 heteroatoms. The first-order valence-corrected chi connectivity index (χ1v) is 3.66.